The fourth-order valence-corrected chi connectivity index (χ4v) is 4.06. The van der Waals surface area contributed by atoms with Crippen LogP contribution in [0.2, 0.25) is 5.02 Å². The lowest BCUT2D eigenvalue weighted by Gasteiger charge is -2.43. The largest absolute Gasteiger partial charge is 0.496 e. The van der Waals surface area contributed by atoms with E-state index in [4.69, 9.17) is 16.3 Å². The summed E-state index contributed by atoms with van der Waals surface area (Å²) in [5, 5.41) is 0.686. The third-order valence-electron chi connectivity index (χ3n) is 5.29. The maximum atomic E-state index is 6.13. The standard InChI is InChI=1S/C24H29ClN2O/c1-7-10-27-22-13-23(28-6)18(11-20(22)17(3)14-24(27,4)5)15-26-21-12-19(25)9-8-16(21)2/h8-9,11-15H,7,10H2,1-6H3. The summed E-state index contributed by atoms with van der Waals surface area (Å²) >= 11 is 6.13. The molecule has 3 nitrogen and oxygen atoms in total. The highest BCUT2D eigenvalue weighted by Gasteiger charge is 2.31. The lowest BCUT2D eigenvalue weighted by molar-refractivity contribution is 0.413. The molecule has 2 aromatic rings. The smallest absolute Gasteiger partial charge is 0.129 e. The maximum Gasteiger partial charge on any atom is 0.129 e. The summed E-state index contributed by atoms with van der Waals surface area (Å²) in [5.41, 5.74) is 6.63. The molecule has 0 aliphatic carbocycles. The SMILES string of the molecule is CCCN1c2cc(OC)c(C=Nc3cc(Cl)ccc3C)cc2C(C)=CC1(C)C. The van der Waals surface area contributed by atoms with Gasteiger partial charge in [0.25, 0.3) is 0 Å². The van der Waals surface area contributed by atoms with Crippen LogP contribution >= 0.6 is 11.6 Å². The van der Waals surface area contributed by atoms with Crippen molar-refractivity contribution in [1.82, 2.24) is 0 Å². The zero-order chi connectivity index (χ0) is 20.5. The molecule has 1 aliphatic rings. The normalized spacial score (nSPS) is 15.5. The first kappa shape index (κ1) is 20.5. The van der Waals surface area contributed by atoms with E-state index in [0.717, 1.165) is 35.5 Å². The second kappa shape index (κ2) is 8.00. The van der Waals surface area contributed by atoms with E-state index in [9.17, 15) is 0 Å². The van der Waals surface area contributed by atoms with Crippen LogP contribution in [0.1, 0.15) is 50.8 Å². The number of hydrogen-bond acceptors (Lipinski definition) is 3. The molecule has 4 heteroatoms. The van der Waals surface area contributed by atoms with Crippen molar-refractivity contribution in [2.24, 2.45) is 4.99 Å². The van der Waals surface area contributed by atoms with E-state index in [1.807, 2.05) is 31.3 Å². The van der Waals surface area contributed by atoms with Gasteiger partial charge in [0.2, 0.25) is 0 Å². The van der Waals surface area contributed by atoms with Gasteiger partial charge in [-0.15, -0.1) is 0 Å². The van der Waals surface area contributed by atoms with Crippen molar-refractivity contribution < 1.29 is 4.74 Å². The number of allylic oxidation sites excluding steroid dienone is 1. The molecule has 0 radical (unpaired) electrons. The number of fused-ring (bicyclic) bond motifs is 1. The zero-order valence-electron chi connectivity index (χ0n) is 17.6. The van der Waals surface area contributed by atoms with Gasteiger partial charge in [-0.2, -0.15) is 0 Å². The molecular weight excluding hydrogens is 368 g/mol. The van der Waals surface area contributed by atoms with Crippen LogP contribution in [0.3, 0.4) is 0 Å². The molecule has 0 amide bonds. The molecule has 0 fully saturated rings. The van der Waals surface area contributed by atoms with E-state index in [1.165, 1.54) is 16.8 Å². The number of aryl methyl sites for hydroxylation is 1. The Labute approximate surface area is 173 Å². The Morgan fingerprint density at radius 3 is 2.61 bits per heavy atom. The Kier molecular flexibility index (Phi) is 5.85. The highest BCUT2D eigenvalue weighted by atomic mass is 35.5. The van der Waals surface area contributed by atoms with Crippen LogP contribution in [0.25, 0.3) is 5.57 Å². The Balaban J connectivity index is 2.09. The van der Waals surface area contributed by atoms with Crippen LogP contribution in [0.15, 0.2) is 41.4 Å². The van der Waals surface area contributed by atoms with Crippen molar-refractivity contribution in [1.29, 1.82) is 0 Å². The summed E-state index contributed by atoms with van der Waals surface area (Å²) in [6, 6.07) is 10.1. The maximum absolute atomic E-state index is 6.13. The molecule has 1 aliphatic heterocycles. The molecule has 3 rings (SSSR count). The quantitative estimate of drug-likeness (QED) is 0.518. The van der Waals surface area contributed by atoms with Gasteiger partial charge in [-0.3, -0.25) is 4.99 Å². The van der Waals surface area contributed by atoms with Crippen LogP contribution in [-0.2, 0) is 0 Å². The lowest BCUT2D eigenvalue weighted by atomic mass is 9.87. The third kappa shape index (κ3) is 3.95. The van der Waals surface area contributed by atoms with Crippen molar-refractivity contribution in [2.75, 3.05) is 18.6 Å². The zero-order valence-corrected chi connectivity index (χ0v) is 18.4. The van der Waals surface area contributed by atoms with Gasteiger partial charge in [-0.25, -0.2) is 0 Å². The van der Waals surface area contributed by atoms with Crippen LogP contribution in [0.5, 0.6) is 5.75 Å². The number of aliphatic imine (C=N–C) groups is 1. The molecule has 0 aromatic heterocycles. The van der Waals surface area contributed by atoms with Crippen molar-refractivity contribution in [3.05, 3.63) is 58.1 Å². The first-order valence-electron chi connectivity index (χ1n) is 9.76. The molecule has 1 heterocycles. The predicted molar refractivity (Wildman–Crippen MR) is 122 cm³/mol. The van der Waals surface area contributed by atoms with Crippen LogP contribution < -0.4 is 9.64 Å². The third-order valence-corrected chi connectivity index (χ3v) is 5.53. The van der Waals surface area contributed by atoms with Crippen molar-refractivity contribution in [3.8, 4) is 5.75 Å². The van der Waals surface area contributed by atoms with Gasteiger partial charge in [0.1, 0.15) is 5.75 Å². The molecule has 0 unspecified atom stereocenters. The Morgan fingerprint density at radius 2 is 1.93 bits per heavy atom. The molecule has 0 N–H and O–H groups in total. The fraction of sp³-hybridized carbons (Fsp3) is 0.375. The summed E-state index contributed by atoms with van der Waals surface area (Å²) in [6.07, 6.45) is 5.31. The number of rotatable bonds is 5. The van der Waals surface area contributed by atoms with Crippen molar-refractivity contribution in [3.63, 3.8) is 0 Å². The average Bonchev–Trinajstić information content (AvgIpc) is 2.65. The van der Waals surface area contributed by atoms with E-state index in [-0.39, 0.29) is 5.54 Å². The number of halogens is 1. The van der Waals surface area contributed by atoms with Gasteiger partial charge in [0.05, 0.1) is 18.3 Å². The van der Waals surface area contributed by atoms with Gasteiger partial charge >= 0.3 is 0 Å². The van der Waals surface area contributed by atoms with Gasteiger partial charge in [-0.05, 0) is 63.5 Å². The minimum absolute atomic E-state index is 0.0222. The van der Waals surface area contributed by atoms with E-state index >= 15 is 0 Å². The Bertz CT molecular complexity index is 944. The van der Waals surface area contributed by atoms with E-state index in [1.54, 1.807) is 7.11 Å². The number of ether oxygens (including phenoxy) is 1. The first-order chi connectivity index (χ1) is 13.3. The molecule has 148 valence electrons. The molecule has 2 aromatic carbocycles. The van der Waals surface area contributed by atoms with Crippen LogP contribution in [0.4, 0.5) is 11.4 Å². The first-order valence-corrected chi connectivity index (χ1v) is 10.1. The van der Waals surface area contributed by atoms with Gasteiger partial charge in [-0.1, -0.05) is 30.7 Å². The Hall–Kier alpha value is -2.26. The second-order valence-corrected chi connectivity index (χ2v) is 8.37. The molecule has 28 heavy (non-hydrogen) atoms. The minimum atomic E-state index is -0.0222. The topological polar surface area (TPSA) is 24.8 Å². The van der Waals surface area contributed by atoms with Crippen LogP contribution in [-0.4, -0.2) is 25.4 Å². The minimum Gasteiger partial charge on any atom is -0.496 e. The van der Waals surface area contributed by atoms with Crippen molar-refractivity contribution >= 4 is 34.8 Å². The molecule has 0 saturated heterocycles. The molecule has 0 atom stereocenters. The number of methoxy groups -OCH3 is 1. The number of benzene rings is 2. The van der Waals surface area contributed by atoms with Gasteiger partial charge in [0.15, 0.2) is 0 Å². The lowest BCUT2D eigenvalue weighted by Crippen LogP contribution is -2.45. The summed E-state index contributed by atoms with van der Waals surface area (Å²) in [6.45, 7) is 12.0. The monoisotopic (exact) mass is 396 g/mol. The molecule has 0 bridgehead atoms. The van der Waals surface area contributed by atoms with E-state index < -0.39 is 0 Å². The predicted octanol–water partition coefficient (Wildman–Crippen LogP) is 6.82. The molecular formula is C24H29ClN2O. The fourth-order valence-electron chi connectivity index (χ4n) is 3.89. The number of nitrogens with zero attached hydrogens (tertiary/aromatic N) is 2. The van der Waals surface area contributed by atoms with Crippen LogP contribution in [0, 0.1) is 6.92 Å². The van der Waals surface area contributed by atoms with Gasteiger partial charge < -0.3 is 9.64 Å². The summed E-state index contributed by atoms with van der Waals surface area (Å²) in [7, 11) is 1.71. The average molecular weight is 397 g/mol. The number of hydrogen-bond donors (Lipinski definition) is 0. The highest BCUT2D eigenvalue weighted by molar-refractivity contribution is 6.30. The molecule has 0 saturated carbocycles. The van der Waals surface area contributed by atoms with E-state index in [2.05, 4.69) is 55.8 Å². The summed E-state index contributed by atoms with van der Waals surface area (Å²) in [4.78, 5) is 7.14. The Morgan fingerprint density at radius 1 is 1.18 bits per heavy atom. The second-order valence-electron chi connectivity index (χ2n) is 7.93. The van der Waals surface area contributed by atoms with E-state index in [0.29, 0.717) is 5.02 Å². The summed E-state index contributed by atoms with van der Waals surface area (Å²) in [5.74, 6) is 0.828. The van der Waals surface area contributed by atoms with Crippen molar-refractivity contribution in [2.45, 2.75) is 46.6 Å². The highest BCUT2D eigenvalue weighted by Crippen LogP contribution is 2.42. The summed E-state index contributed by atoms with van der Waals surface area (Å²) < 4.78 is 5.72. The number of anilines is 1. The van der Waals surface area contributed by atoms with Gasteiger partial charge in [0, 0.05) is 40.7 Å². The molecule has 0 spiro atoms.